The van der Waals surface area contributed by atoms with Gasteiger partial charge in [-0.2, -0.15) is 0 Å². The highest BCUT2D eigenvalue weighted by atomic mass is 32.2. The second-order valence-corrected chi connectivity index (χ2v) is 6.81. The van der Waals surface area contributed by atoms with Crippen molar-refractivity contribution in [2.45, 2.75) is 45.9 Å². The fourth-order valence-corrected chi connectivity index (χ4v) is 3.19. The lowest BCUT2D eigenvalue weighted by Gasteiger charge is -2.09. The van der Waals surface area contributed by atoms with E-state index in [0.29, 0.717) is 6.42 Å². The molecule has 1 heterocycles. The summed E-state index contributed by atoms with van der Waals surface area (Å²) in [6.07, 6.45) is 2.10. The number of fused-ring (bicyclic) bond motifs is 1. The number of aliphatic imine (C=N–C) groups is 1. The average Bonchev–Trinajstić information content (AvgIpc) is 2.83. The third-order valence-electron chi connectivity index (χ3n) is 3.51. The molecule has 0 amide bonds. The molecule has 0 fully saturated rings. The number of hydrogen-bond acceptors (Lipinski definition) is 3. The van der Waals surface area contributed by atoms with Gasteiger partial charge in [0, 0.05) is 28.1 Å². The second-order valence-electron chi connectivity index (χ2n) is 5.90. The normalized spacial score (nSPS) is 11.9. The standard InChI is InChI=1S/C17H15NS.C5H8O.C2H6/c1-12-6-5-7-14(10-12)17-15-8-3-4-9-16(15)19-11-13(2)18-17;1-3-4-5(2)6;1-2/h3-11H,1-2H3;3H,1,4H2,2H3;1-2H3. The lowest BCUT2D eigenvalue weighted by molar-refractivity contribution is -0.116. The number of carbonyl (C=O) groups is 1. The van der Waals surface area contributed by atoms with Crippen molar-refractivity contribution in [2.75, 3.05) is 0 Å². The molecular weight excluding hydrogens is 350 g/mol. The molecule has 0 N–H and O–H groups in total. The number of Topliss-reactive ketones (excluding diaryl/α,β-unsaturated/α-hetero) is 1. The molecule has 0 spiro atoms. The van der Waals surface area contributed by atoms with Crippen LogP contribution in [-0.2, 0) is 4.79 Å². The molecule has 0 saturated heterocycles. The first-order chi connectivity index (χ1) is 13.0. The Labute approximate surface area is 168 Å². The van der Waals surface area contributed by atoms with Gasteiger partial charge in [0.05, 0.1) is 5.71 Å². The van der Waals surface area contributed by atoms with E-state index < -0.39 is 0 Å². The molecule has 2 aromatic rings. The summed E-state index contributed by atoms with van der Waals surface area (Å²) in [6.45, 7) is 13.1. The summed E-state index contributed by atoms with van der Waals surface area (Å²) in [5.74, 6) is 0.171. The number of hydrogen-bond donors (Lipinski definition) is 0. The average molecular weight is 380 g/mol. The van der Waals surface area contributed by atoms with Gasteiger partial charge in [-0.15, -0.1) is 6.58 Å². The lowest BCUT2D eigenvalue weighted by Crippen LogP contribution is -2.04. The van der Waals surface area contributed by atoms with Crippen molar-refractivity contribution in [3.8, 4) is 0 Å². The Bertz CT molecular complexity index is 834. The van der Waals surface area contributed by atoms with Crippen LogP contribution < -0.4 is 0 Å². The van der Waals surface area contributed by atoms with E-state index in [4.69, 9.17) is 4.99 Å². The number of allylic oxidation sites excluding steroid dienone is 2. The first-order valence-electron chi connectivity index (χ1n) is 9.20. The number of rotatable bonds is 3. The van der Waals surface area contributed by atoms with Gasteiger partial charge >= 0.3 is 0 Å². The largest absolute Gasteiger partial charge is 0.300 e. The molecule has 142 valence electrons. The zero-order valence-electron chi connectivity index (χ0n) is 17.0. The quantitative estimate of drug-likeness (QED) is 0.538. The van der Waals surface area contributed by atoms with Crippen molar-refractivity contribution in [3.05, 3.63) is 89.0 Å². The molecule has 27 heavy (non-hydrogen) atoms. The maximum atomic E-state index is 9.97. The van der Waals surface area contributed by atoms with Crippen molar-refractivity contribution >= 4 is 23.3 Å². The molecule has 0 bridgehead atoms. The molecule has 0 atom stereocenters. The van der Waals surface area contributed by atoms with E-state index in [1.807, 2.05) is 13.8 Å². The van der Waals surface area contributed by atoms with Crippen molar-refractivity contribution < 1.29 is 4.79 Å². The van der Waals surface area contributed by atoms with E-state index in [9.17, 15) is 4.79 Å². The predicted octanol–water partition coefficient (Wildman–Crippen LogP) is 6.98. The van der Waals surface area contributed by atoms with E-state index in [2.05, 4.69) is 74.4 Å². The summed E-state index contributed by atoms with van der Waals surface area (Å²) in [6, 6.07) is 17.0. The Morgan fingerprint density at radius 2 is 1.81 bits per heavy atom. The molecule has 0 aromatic heterocycles. The fourth-order valence-electron chi connectivity index (χ4n) is 2.39. The number of aryl methyl sites for hydroxylation is 1. The van der Waals surface area contributed by atoms with Gasteiger partial charge in [-0.3, -0.25) is 9.79 Å². The summed E-state index contributed by atoms with van der Waals surface area (Å²) >= 11 is 1.74. The zero-order chi connectivity index (χ0) is 20.2. The monoisotopic (exact) mass is 379 g/mol. The third kappa shape index (κ3) is 7.40. The van der Waals surface area contributed by atoms with Crippen LogP contribution in [0.4, 0.5) is 0 Å². The molecule has 0 unspecified atom stereocenters. The van der Waals surface area contributed by atoms with Crippen molar-refractivity contribution in [1.82, 2.24) is 0 Å². The van der Waals surface area contributed by atoms with Crippen molar-refractivity contribution in [1.29, 1.82) is 0 Å². The molecular formula is C24H29NOS. The van der Waals surface area contributed by atoms with Crippen LogP contribution in [0.1, 0.15) is 50.8 Å². The maximum Gasteiger partial charge on any atom is 0.133 e. The molecule has 0 saturated carbocycles. The van der Waals surface area contributed by atoms with Crippen LogP contribution in [0.2, 0.25) is 0 Å². The van der Waals surface area contributed by atoms with Gasteiger partial charge in [0.2, 0.25) is 0 Å². The van der Waals surface area contributed by atoms with Crippen LogP contribution in [0.5, 0.6) is 0 Å². The molecule has 0 aliphatic carbocycles. The van der Waals surface area contributed by atoms with E-state index in [1.54, 1.807) is 24.8 Å². The summed E-state index contributed by atoms with van der Waals surface area (Å²) in [4.78, 5) is 16.0. The van der Waals surface area contributed by atoms with Gasteiger partial charge in [-0.1, -0.05) is 73.6 Å². The zero-order valence-corrected chi connectivity index (χ0v) is 17.8. The van der Waals surface area contributed by atoms with Crippen molar-refractivity contribution in [3.63, 3.8) is 0 Å². The molecule has 1 aliphatic rings. The smallest absolute Gasteiger partial charge is 0.133 e. The molecule has 3 rings (SSSR count). The minimum Gasteiger partial charge on any atom is -0.300 e. The number of benzene rings is 2. The highest BCUT2D eigenvalue weighted by Gasteiger charge is 2.14. The second kappa shape index (κ2) is 12.1. The first kappa shape index (κ1) is 22.7. The van der Waals surface area contributed by atoms with Gasteiger partial charge in [0.15, 0.2) is 0 Å². The van der Waals surface area contributed by atoms with E-state index >= 15 is 0 Å². The fraction of sp³-hybridized carbons (Fsp3) is 0.250. The van der Waals surface area contributed by atoms with Gasteiger partial charge < -0.3 is 0 Å². The number of carbonyl (C=O) groups excluding carboxylic acids is 1. The molecule has 2 nitrogen and oxygen atoms in total. The van der Waals surface area contributed by atoms with Gasteiger partial charge in [-0.05, 0) is 38.3 Å². The van der Waals surface area contributed by atoms with E-state index in [1.165, 1.54) is 21.6 Å². The van der Waals surface area contributed by atoms with Crippen LogP contribution in [0.25, 0.3) is 0 Å². The van der Waals surface area contributed by atoms with Crippen LogP contribution in [-0.4, -0.2) is 11.5 Å². The van der Waals surface area contributed by atoms with Crippen LogP contribution >= 0.6 is 11.8 Å². The number of ketones is 1. The lowest BCUT2D eigenvalue weighted by atomic mass is 10.0. The molecule has 0 radical (unpaired) electrons. The molecule has 2 aromatic carbocycles. The van der Waals surface area contributed by atoms with E-state index in [0.717, 1.165) is 11.4 Å². The minimum atomic E-state index is 0.171. The van der Waals surface area contributed by atoms with Gasteiger partial charge in [-0.25, -0.2) is 0 Å². The molecule has 3 heteroatoms. The number of thioether (sulfide) groups is 1. The highest BCUT2D eigenvalue weighted by Crippen LogP contribution is 2.30. The van der Waals surface area contributed by atoms with Gasteiger partial charge in [0.1, 0.15) is 5.78 Å². The topological polar surface area (TPSA) is 29.4 Å². The number of nitrogens with zero attached hydrogens (tertiary/aromatic N) is 1. The Morgan fingerprint density at radius 3 is 2.41 bits per heavy atom. The maximum absolute atomic E-state index is 9.97. The van der Waals surface area contributed by atoms with Gasteiger partial charge in [0.25, 0.3) is 0 Å². The molecule has 1 aliphatic heterocycles. The Balaban J connectivity index is 0.000000392. The summed E-state index contributed by atoms with van der Waals surface area (Å²) in [5.41, 5.74) is 5.78. The van der Waals surface area contributed by atoms with Crippen molar-refractivity contribution in [2.24, 2.45) is 4.99 Å². The van der Waals surface area contributed by atoms with E-state index in [-0.39, 0.29) is 5.78 Å². The summed E-state index contributed by atoms with van der Waals surface area (Å²) < 4.78 is 0. The Hall–Kier alpha value is -2.39. The van der Waals surface area contributed by atoms with Crippen LogP contribution in [0.3, 0.4) is 0 Å². The predicted molar refractivity (Wildman–Crippen MR) is 120 cm³/mol. The Kier molecular flexibility index (Phi) is 10.1. The SMILES string of the molecule is C=CCC(C)=O.CC.CC1=CSc2ccccc2C(c2cccc(C)c2)=N1. The minimum absolute atomic E-state index is 0.171. The third-order valence-corrected chi connectivity index (χ3v) is 4.58. The summed E-state index contributed by atoms with van der Waals surface area (Å²) in [5, 5.41) is 2.11. The Morgan fingerprint density at radius 1 is 1.11 bits per heavy atom. The van der Waals surface area contributed by atoms with Crippen LogP contribution in [0.15, 0.2) is 82.2 Å². The highest BCUT2D eigenvalue weighted by molar-refractivity contribution is 8.02. The summed E-state index contributed by atoms with van der Waals surface area (Å²) in [7, 11) is 0. The first-order valence-corrected chi connectivity index (χ1v) is 10.1. The van der Waals surface area contributed by atoms with Crippen LogP contribution in [0, 0.1) is 6.92 Å².